The molecule has 0 saturated heterocycles. The topological polar surface area (TPSA) is 88.1 Å². The molecule has 0 spiro atoms. The molecule has 1 rings (SSSR count). The molecule has 1 aliphatic heterocycles. The Morgan fingerprint density at radius 3 is 2.75 bits per heavy atom. The van der Waals surface area contributed by atoms with Crippen LogP contribution in [-0.4, -0.2) is 49.2 Å². The van der Waals surface area contributed by atoms with E-state index in [4.69, 9.17) is 0 Å². The summed E-state index contributed by atoms with van der Waals surface area (Å²) in [6.45, 7) is -0.202. The molecule has 0 aromatic heterocycles. The van der Waals surface area contributed by atoms with Gasteiger partial charge in [-0.05, 0) is 0 Å². The average Bonchev–Trinajstić information content (AvgIpc) is 2.29. The number of nitrogens with zero attached hydrogens (tertiary/aromatic N) is 2. The number of carbonyl (C=O) groups is 3. The van der Waals surface area contributed by atoms with Gasteiger partial charge in [-0.1, -0.05) is 0 Å². The van der Waals surface area contributed by atoms with Crippen LogP contribution in [0.3, 0.4) is 0 Å². The third-order valence-corrected chi connectivity index (χ3v) is 2.09. The molecular formula is C9H13N3O4. The van der Waals surface area contributed by atoms with Crippen LogP contribution >= 0.6 is 0 Å². The van der Waals surface area contributed by atoms with Crippen LogP contribution in [-0.2, 0) is 19.1 Å². The zero-order valence-corrected chi connectivity index (χ0v) is 9.15. The van der Waals surface area contributed by atoms with Gasteiger partial charge in [-0.25, -0.2) is 5.01 Å². The number of methoxy groups -OCH3 is 1. The summed E-state index contributed by atoms with van der Waals surface area (Å²) in [6.07, 6.45) is 0.539. The molecule has 1 heterocycles. The van der Waals surface area contributed by atoms with Crippen molar-refractivity contribution in [3.8, 4) is 0 Å². The number of ether oxygens (including phenoxy) is 1. The second-order valence-electron chi connectivity index (χ2n) is 3.22. The van der Waals surface area contributed by atoms with Gasteiger partial charge in [0.05, 0.1) is 7.11 Å². The Labute approximate surface area is 92.4 Å². The Morgan fingerprint density at radius 1 is 1.50 bits per heavy atom. The van der Waals surface area contributed by atoms with E-state index in [0.717, 1.165) is 5.01 Å². The molecule has 0 aromatic rings. The van der Waals surface area contributed by atoms with E-state index in [1.165, 1.54) is 14.2 Å². The van der Waals surface area contributed by atoms with Crippen LogP contribution in [0.4, 0.5) is 0 Å². The van der Waals surface area contributed by atoms with Gasteiger partial charge in [0.2, 0.25) is 5.91 Å². The SMILES string of the molecule is COC(=O)CNC(=O)C1=NN(C)C(=O)CC1. The van der Waals surface area contributed by atoms with Gasteiger partial charge in [-0.2, -0.15) is 5.10 Å². The van der Waals surface area contributed by atoms with Crippen LogP contribution in [0.25, 0.3) is 0 Å². The molecule has 88 valence electrons. The maximum atomic E-state index is 11.5. The van der Waals surface area contributed by atoms with Crippen molar-refractivity contribution in [2.24, 2.45) is 5.10 Å². The minimum atomic E-state index is -0.533. The van der Waals surface area contributed by atoms with E-state index in [2.05, 4.69) is 15.2 Å². The van der Waals surface area contributed by atoms with Gasteiger partial charge in [0, 0.05) is 19.9 Å². The lowest BCUT2D eigenvalue weighted by Crippen LogP contribution is -2.39. The monoisotopic (exact) mass is 227 g/mol. The fourth-order valence-corrected chi connectivity index (χ4v) is 1.16. The van der Waals surface area contributed by atoms with Crippen LogP contribution in [0.5, 0.6) is 0 Å². The van der Waals surface area contributed by atoms with Crippen molar-refractivity contribution in [2.75, 3.05) is 20.7 Å². The first-order valence-electron chi connectivity index (χ1n) is 4.73. The normalized spacial score (nSPS) is 15.5. The Hall–Kier alpha value is -1.92. The van der Waals surface area contributed by atoms with E-state index in [0.29, 0.717) is 0 Å². The van der Waals surface area contributed by atoms with Crippen LogP contribution in [0, 0.1) is 0 Å². The fraction of sp³-hybridized carbons (Fsp3) is 0.556. The number of nitrogens with one attached hydrogen (secondary N) is 1. The van der Waals surface area contributed by atoms with Crippen molar-refractivity contribution in [1.82, 2.24) is 10.3 Å². The lowest BCUT2D eigenvalue weighted by molar-refractivity contribution is -0.140. The first kappa shape index (κ1) is 12.2. The maximum absolute atomic E-state index is 11.5. The first-order chi connectivity index (χ1) is 7.54. The predicted molar refractivity (Wildman–Crippen MR) is 54.5 cm³/mol. The number of rotatable bonds is 3. The van der Waals surface area contributed by atoms with E-state index in [1.54, 1.807) is 0 Å². The van der Waals surface area contributed by atoms with E-state index >= 15 is 0 Å². The summed E-state index contributed by atoms with van der Waals surface area (Å²) in [4.78, 5) is 33.3. The highest BCUT2D eigenvalue weighted by atomic mass is 16.5. The van der Waals surface area contributed by atoms with Crippen molar-refractivity contribution in [3.05, 3.63) is 0 Å². The van der Waals surface area contributed by atoms with E-state index in [1.807, 2.05) is 0 Å². The third-order valence-electron chi connectivity index (χ3n) is 2.09. The van der Waals surface area contributed by atoms with Gasteiger partial charge in [-0.15, -0.1) is 0 Å². The second kappa shape index (κ2) is 5.24. The van der Waals surface area contributed by atoms with E-state index in [9.17, 15) is 14.4 Å². The Balaban J connectivity index is 2.52. The third kappa shape index (κ3) is 3.04. The fourth-order valence-electron chi connectivity index (χ4n) is 1.16. The maximum Gasteiger partial charge on any atom is 0.325 e. The van der Waals surface area contributed by atoms with Crippen molar-refractivity contribution < 1.29 is 19.1 Å². The van der Waals surface area contributed by atoms with Gasteiger partial charge in [0.1, 0.15) is 12.3 Å². The summed E-state index contributed by atoms with van der Waals surface area (Å²) in [5, 5.41) is 7.28. The number of hydrogen-bond acceptors (Lipinski definition) is 5. The standard InChI is InChI=1S/C9H13N3O4/c1-12-7(13)4-3-6(11-12)9(15)10-5-8(14)16-2/h3-5H2,1-2H3,(H,10,15). The molecular weight excluding hydrogens is 214 g/mol. The van der Waals surface area contributed by atoms with Gasteiger partial charge in [0.15, 0.2) is 0 Å². The lowest BCUT2D eigenvalue weighted by atomic mass is 10.1. The molecule has 0 radical (unpaired) electrons. The molecule has 0 unspecified atom stereocenters. The summed E-state index contributed by atoms with van der Waals surface area (Å²) in [5.41, 5.74) is 0.242. The number of amides is 2. The summed E-state index contributed by atoms with van der Waals surface area (Å²) < 4.78 is 4.37. The molecule has 0 atom stereocenters. The smallest absolute Gasteiger partial charge is 0.325 e. The summed E-state index contributed by atoms with van der Waals surface area (Å²) in [5.74, 6) is -1.12. The quantitative estimate of drug-likeness (QED) is 0.619. The number of carbonyl (C=O) groups excluding carboxylic acids is 3. The zero-order chi connectivity index (χ0) is 12.1. The zero-order valence-electron chi connectivity index (χ0n) is 9.15. The Bertz CT molecular complexity index is 351. The first-order valence-corrected chi connectivity index (χ1v) is 4.73. The molecule has 0 aromatic carbocycles. The summed E-state index contributed by atoms with van der Waals surface area (Å²) in [6, 6.07) is 0. The largest absolute Gasteiger partial charge is 0.468 e. The molecule has 7 nitrogen and oxygen atoms in total. The van der Waals surface area contributed by atoms with Gasteiger partial charge >= 0.3 is 5.97 Å². The van der Waals surface area contributed by atoms with Crippen LogP contribution in [0.2, 0.25) is 0 Å². The Morgan fingerprint density at radius 2 is 2.19 bits per heavy atom. The van der Waals surface area contributed by atoms with Crippen molar-refractivity contribution in [3.63, 3.8) is 0 Å². The minimum Gasteiger partial charge on any atom is -0.468 e. The van der Waals surface area contributed by atoms with Crippen LogP contribution in [0.1, 0.15) is 12.8 Å². The van der Waals surface area contributed by atoms with Crippen LogP contribution in [0.15, 0.2) is 5.10 Å². The molecule has 0 fully saturated rings. The molecule has 1 N–H and O–H groups in total. The Kier molecular flexibility index (Phi) is 3.98. The van der Waals surface area contributed by atoms with Crippen LogP contribution < -0.4 is 5.32 Å². The lowest BCUT2D eigenvalue weighted by Gasteiger charge is -2.18. The number of hydrogen-bond donors (Lipinski definition) is 1. The predicted octanol–water partition coefficient (Wildman–Crippen LogP) is -1.12. The van der Waals surface area contributed by atoms with Gasteiger partial charge in [-0.3, -0.25) is 14.4 Å². The van der Waals surface area contributed by atoms with Crippen molar-refractivity contribution in [1.29, 1.82) is 0 Å². The molecule has 7 heteroatoms. The number of esters is 1. The van der Waals surface area contributed by atoms with Gasteiger partial charge < -0.3 is 10.1 Å². The molecule has 0 saturated carbocycles. The highest BCUT2D eigenvalue weighted by Gasteiger charge is 2.22. The van der Waals surface area contributed by atoms with E-state index < -0.39 is 11.9 Å². The number of hydrazone groups is 1. The second-order valence-corrected chi connectivity index (χ2v) is 3.22. The average molecular weight is 227 g/mol. The highest BCUT2D eigenvalue weighted by Crippen LogP contribution is 2.06. The van der Waals surface area contributed by atoms with E-state index in [-0.39, 0.29) is 31.0 Å². The molecule has 0 aliphatic carbocycles. The molecule has 2 amide bonds. The molecule has 16 heavy (non-hydrogen) atoms. The van der Waals surface area contributed by atoms with Crippen molar-refractivity contribution in [2.45, 2.75) is 12.8 Å². The molecule has 1 aliphatic rings. The minimum absolute atomic E-state index is 0.135. The summed E-state index contributed by atoms with van der Waals surface area (Å²) >= 11 is 0. The van der Waals surface area contributed by atoms with Crippen molar-refractivity contribution >= 4 is 23.5 Å². The summed E-state index contributed by atoms with van der Waals surface area (Å²) in [7, 11) is 2.72. The molecule has 0 bridgehead atoms. The van der Waals surface area contributed by atoms with Gasteiger partial charge in [0.25, 0.3) is 5.91 Å². The highest BCUT2D eigenvalue weighted by molar-refractivity contribution is 6.39.